The summed E-state index contributed by atoms with van der Waals surface area (Å²) in [5.41, 5.74) is 2.22. The quantitative estimate of drug-likeness (QED) is 0.619. The van der Waals surface area contributed by atoms with E-state index >= 15 is 0 Å². The molecule has 0 bridgehead atoms. The van der Waals surface area contributed by atoms with Gasteiger partial charge in [0.1, 0.15) is 5.75 Å². The molecule has 0 atom stereocenters. The van der Waals surface area contributed by atoms with Crippen LogP contribution in [-0.2, 0) is 11.2 Å². The van der Waals surface area contributed by atoms with Crippen molar-refractivity contribution in [1.82, 2.24) is 15.1 Å². The highest BCUT2D eigenvalue weighted by atomic mass is 19.1. The Morgan fingerprint density at radius 1 is 1.17 bits per heavy atom. The molecule has 0 aliphatic heterocycles. The number of halogens is 1. The highest BCUT2D eigenvalue weighted by molar-refractivity contribution is 5.76. The van der Waals surface area contributed by atoms with Gasteiger partial charge in [-0.1, -0.05) is 12.1 Å². The van der Waals surface area contributed by atoms with E-state index < -0.39 is 5.82 Å². The average Bonchev–Trinajstić information content (AvgIpc) is 3.03. The third-order valence-corrected chi connectivity index (χ3v) is 4.47. The predicted molar refractivity (Wildman–Crippen MR) is 108 cm³/mol. The number of aryl methyl sites for hydroxylation is 1. The van der Waals surface area contributed by atoms with Crippen molar-refractivity contribution in [3.8, 4) is 23.1 Å². The summed E-state index contributed by atoms with van der Waals surface area (Å²) < 4.78 is 27.0. The number of nitrogens with zero attached hydrogens (tertiary/aromatic N) is 2. The largest absolute Gasteiger partial charge is 0.497 e. The van der Waals surface area contributed by atoms with Crippen molar-refractivity contribution in [2.75, 3.05) is 13.7 Å². The molecular weight excluding hydrogens is 373 g/mol. The number of hydrogen-bond acceptors (Lipinski definition) is 4. The normalized spacial score (nSPS) is 10.6. The van der Waals surface area contributed by atoms with Crippen molar-refractivity contribution in [3.05, 3.63) is 65.6 Å². The Bertz CT molecular complexity index is 983. The van der Waals surface area contributed by atoms with Crippen LogP contribution in [0.2, 0.25) is 0 Å². The molecule has 1 heterocycles. The van der Waals surface area contributed by atoms with Gasteiger partial charge in [0.15, 0.2) is 11.6 Å². The number of benzene rings is 2. The van der Waals surface area contributed by atoms with Gasteiger partial charge in [0.05, 0.1) is 18.5 Å². The molecule has 0 aliphatic carbocycles. The molecule has 0 fully saturated rings. The van der Waals surface area contributed by atoms with E-state index in [1.807, 2.05) is 38.1 Å². The number of nitrogens with one attached hydrogen (secondary N) is 1. The first-order chi connectivity index (χ1) is 14.0. The Morgan fingerprint density at radius 3 is 2.55 bits per heavy atom. The maximum absolute atomic E-state index is 14.2. The van der Waals surface area contributed by atoms with Crippen LogP contribution in [0, 0.1) is 12.7 Å². The van der Waals surface area contributed by atoms with E-state index in [1.165, 1.54) is 6.07 Å². The Balaban J connectivity index is 2.01. The highest BCUT2D eigenvalue weighted by Crippen LogP contribution is 2.33. The van der Waals surface area contributed by atoms with Gasteiger partial charge >= 0.3 is 0 Å². The standard InChI is InChI=1S/C22H24FN3O3/c1-4-24-21(27)14-13-18-15(2)25-26(16-9-11-17(28-3)12-10-16)22(18)29-20-8-6-5-7-19(20)23/h5-12H,4,13-14H2,1-3H3,(H,24,27). The van der Waals surface area contributed by atoms with Gasteiger partial charge in [-0.25, -0.2) is 9.07 Å². The predicted octanol–water partition coefficient (Wildman–Crippen LogP) is 4.19. The van der Waals surface area contributed by atoms with Crippen LogP contribution in [0.5, 0.6) is 17.4 Å². The Hall–Kier alpha value is -3.35. The van der Waals surface area contributed by atoms with Crippen LogP contribution in [0.25, 0.3) is 5.69 Å². The van der Waals surface area contributed by atoms with Gasteiger partial charge < -0.3 is 14.8 Å². The second-order valence-electron chi connectivity index (χ2n) is 6.46. The summed E-state index contributed by atoms with van der Waals surface area (Å²) in [7, 11) is 1.60. The van der Waals surface area contributed by atoms with Gasteiger partial charge in [0, 0.05) is 18.5 Å². The number of hydrogen-bond donors (Lipinski definition) is 1. The molecule has 2 aromatic carbocycles. The SMILES string of the molecule is CCNC(=O)CCc1c(C)nn(-c2ccc(OC)cc2)c1Oc1ccccc1F. The number of para-hydroxylation sites is 1. The maximum atomic E-state index is 14.2. The number of aromatic nitrogens is 2. The second-order valence-corrected chi connectivity index (χ2v) is 6.46. The van der Waals surface area contributed by atoms with Crippen LogP contribution >= 0.6 is 0 Å². The van der Waals surface area contributed by atoms with E-state index in [-0.39, 0.29) is 18.1 Å². The fourth-order valence-corrected chi connectivity index (χ4v) is 2.99. The first kappa shape index (κ1) is 20.4. The molecule has 0 unspecified atom stereocenters. The first-order valence-corrected chi connectivity index (χ1v) is 9.45. The molecule has 3 rings (SSSR count). The molecule has 0 radical (unpaired) electrons. The molecule has 0 aliphatic rings. The van der Waals surface area contributed by atoms with Crippen molar-refractivity contribution in [2.45, 2.75) is 26.7 Å². The fraction of sp³-hybridized carbons (Fsp3) is 0.273. The molecule has 6 nitrogen and oxygen atoms in total. The summed E-state index contributed by atoms with van der Waals surface area (Å²) in [4.78, 5) is 11.9. The molecule has 1 amide bonds. The minimum absolute atomic E-state index is 0.0547. The van der Waals surface area contributed by atoms with Gasteiger partial charge in [-0.3, -0.25) is 4.79 Å². The summed E-state index contributed by atoms with van der Waals surface area (Å²) in [5, 5.41) is 7.37. The molecule has 29 heavy (non-hydrogen) atoms. The van der Waals surface area contributed by atoms with Gasteiger partial charge in [-0.05, 0) is 56.7 Å². The number of carbonyl (C=O) groups excluding carboxylic acids is 1. The fourth-order valence-electron chi connectivity index (χ4n) is 2.99. The zero-order chi connectivity index (χ0) is 20.8. The van der Waals surface area contributed by atoms with Crippen molar-refractivity contribution in [3.63, 3.8) is 0 Å². The van der Waals surface area contributed by atoms with Gasteiger partial charge in [0.25, 0.3) is 0 Å². The maximum Gasteiger partial charge on any atom is 0.226 e. The molecule has 152 valence electrons. The van der Waals surface area contributed by atoms with Gasteiger partial charge in [-0.15, -0.1) is 0 Å². The summed E-state index contributed by atoms with van der Waals surface area (Å²) in [6.45, 7) is 4.29. The lowest BCUT2D eigenvalue weighted by Crippen LogP contribution is -2.22. The summed E-state index contributed by atoms with van der Waals surface area (Å²) in [6.07, 6.45) is 0.716. The van der Waals surface area contributed by atoms with Crippen LogP contribution in [0.3, 0.4) is 0 Å². The van der Waals surface area contributed by atoms with E-state index in [2.05, 4.69) is 10.4 Å². The smallest absolute Gasteiger partial charge is 0.226 e. The third-order valence-electron chi connectivity index (χ3n) is 4.47. The lowest BCUT2D eigenvalue weighted by molar-refractivity contribution is -0.120. The molecule has 3 aromatic rings. The minimum Gasteiger partial charge on any atom is -0.497 e. The molecular formula is C22H24FN3O3. The monoisotopic (exact) mass is 397 g/mol. The van der Waals surface area contributed by atoms with E-state index in [0.717, 1.165) is 16.9 Å². The molecule has 1 N–H and O–H groups in total. The van der Waals surface area contributed by atoms with Crippen molar-refractivity contribution in [1.29, 1.82) is 0 Å². The van der Waals surface area contributed by atoms with E-state index in [4.69, 9.17) is 9.47 Å². The molecule has 0 saturated heterocycles. The van der Waals surface area contributed by atoms with Crippen molar-refractivity contribution >= 4 is 5.91 Å². The number of carbonyl (C=O) groups is 1. The molecule has 0 spiro atoms. The van der Waals surface area contributed by atoms with Gasteiger partial charge in [-0.2, -0.15) is 5.10 Å². The number of methoxy groups -OCH3 is 1. The molecule has 7 heteroatoms. The Morgan fingerprint density at radius 2 is 1.90 bits per heavy atom. The molecule has 0 saturated carbocycles. The van der Waals surface area contributed by atoms with E-state index in [0.29, 0.717) is 24.6 Å². The number of rotatable bonds is 8. The second kappa shape index (κ2) is 9.23. The lowest BCUT2D eigenvalue weighted by atomic mass is 10.1. The topological polar surface area (TPSA) is 65.4 Å². The Kier molecular flexibility index (Phi) is 6.49. The molecule has 1 aromatic heterocycles. The van der Waals surface area contributed by atoms with Crippen LogP contribution in [0.15, 0.2) is 48.5 Å². The van der Waals surface area contributed by atoms with Crippen LogP contribution in [0.4, 0.5) is 4.39 Å². The Labute approximate surface area is 169 Å². The number of ether oxygens (including phenoxy) is 2. The van der Waals surface area contributed by atoms with Gasteiger partial charge in [0.2, 0.25) is 11.8 Å². The average molecular weight is 397 g/mol. The van der Waals surface area contributed by atoms with E-state index in [1.54, 1.807) is 30.0 Å². The van der Waals surface area contributed by atoms with Crippen LogP contribution < -0.4 is 14.8 Å². The third kappa shape index (κ3) is 4.74. The summed E-state index contributed by atoms with van der Waals surface area (Å²) in [6, 6.07) is 13.5. The van der Waals surface area contributed by atoms with Crippen molar-refractivity contribution < 1.29 is 18.7 Å². The van der Waals surface area contributed by atoms with Crippen molar-refractivity contribution in [2.24, 2.45) is 0 Å². The summed E-state index contributed by atoms with van der Waals surface area (Å²) >= 11 is 0. The highest BCUT2D eigenvalue weighted by Gasteiger charge is 2.20. The summed E-state index contributed by atoms with van der Waals surface area (Å²) in [5.74, 6) is 0.678. The first-order valence-electron chi connectivity index (χ1n) is 9.45. The number of amides is 1. The minimum atomic E-state index is -0.470. The zero-order valence-electron chi connectivity index (χ0n) is 16.7. The van der Waals surface area contributed by atoms with E-state index in [9.17, 15) is 9.18 Å². The van der Waals surface area contributed by atoms with Crippen LogP contribution in [-0.4, -0.2) is 29.3 Å². The van der Waals surface area contributed by atoms with Crippen LogP contribution in [0.1, 0.15) is 24.6 Å². The zero-order valence-corrected chi connectivity index (χ0v) is 16.7. The lowest BCUT2D eigenvalue weighted by Gasteiger charge is -2.12.